The molecule has 12 heavy (non-hydrogen) atoms. The van der Waals surface area contributed by atoms with E-state index in [1.165, 1.54) is 5.56 Å². The fourth-order valence-corrected chi connectivity index (χ4v) is 1.38. The van der Waals surface area contributed by atoms with E-state index in [1.54, 1.807) is 6.26 Å². The molecule has 1 aromatic rings. The first-order valence-corrected chi connectivity index (χ1v) is 4.35. The average molecular weight is 168 g/mol. The summed E-state index contributed by atoms with van der Waals surface area (Å²) in [5.74, 6) is 6.43. The predicted octanol–water partition coefficient (Wildman–Crippen LogP) is 1.76. The van der Waals surface area contributed by atoms with E-state index in [4.69, 9.17) is 10.3 Å². The lowest BCUT2D eigenvalue weighted by atomic mass is 10.1. The van der Waals surface area contributed by atoms with Gasteiger partial charge in [-0.15, -0.1) is 0 Å². The highest BCUT2D eigenvalue weighted by Gasteiger charge is 2.12. The highest BCUT2D eigenvalue weighted by atomic mass is 16.3. The van der Waals surface area contributed by atoms with Gasteiger partial charge in [-0.3, -0.25) is 11.3 Å². The molecule has 68 valence electrons. The molecule has 0 fully saturated rings. The molecule has 0 amide bonds. The average Bonchev–Trinajstić information content (AvgIpc) is 2.55. The predicted molar refractivity (Wildman–Crippen MR) is 48.4 cm³/mol. The molecule has 0 saturated carbocycles. The van der Waals surface area contributed by atoms with E-state index in [0.29, 0.717) is 0 Å². The minimum atomic E-state index is 0.221. The Balaban J connectivity index is 2.83. The number of aryl methyl sites for hydroxylation is 1. The van der Waals surface area contributed by atoms with E-state index in [-0.39, 0.29) is 6.04 Å². The Morgan fingerprint density at radius 3 is 2.83 bits per heavy atom. The maximum atomic E-state index is 5.41. The number of hydrazine groups is 1. The van der Waals surface area contributed by atoms with Crippen LogP contribution in [0.4, 0.5) is 0 Å². The highest BCUT2D eigenvalue weighted by Crippen LogP contribution is 2.21. The van der Waals surface area contributed by atoms with Gasteiger partial charge in [0.05, 0.1) is 6.26 Å². The first kappa shape index (κ1) is 9.29. The summed E-state index contributed by atoms with van der Waals surface area (Å²) in [6, 6.07) is 2.20. The van der Waals surface area contributed by atoms with Gasteiger partial charge in [0.25, 0.3) is 0 Å². The van der Waals surface area contributed by atoms with Crippen molar-refractivity contribution in [1.82, 2.24) is 5.43 Å². The number of furan rings is 1. The summed E-state index contributed by atoms with van der Waals surface area (Å²) in [4.78, 5) is 0. The fraction of sp³-hybridized carbons (Fsp3) is 0.556. The minimum absolute atomic E-state index is 0.221. The molecule has 0 aliphatic heterocycles. The molecule has 1 atom stereocenters. The third-order valence-corrected chi connectivity index (χ3v) is 2.09. The van der Waals surface area contributed by atoms with Crippen molar-refractivity contribution in [2.45, 2.75) is 32.7 Å². The zero-order valence-electron chi connectivity index (χ0n) is 7.63. The Bertz CT molecular complexity index is 228. The van der Waals surface area contributed by atoms with Crippen molar-refractivity contribution in [1.29, 1.82) is 0 Å². The van der Waals surface area contributed by atoms with Gasteiger partial charge in [-0.2, -0.15) is 0 Å². The Morgan fingerprint density at radius 1 is 1.58 bits per heavy atom. The standard InChI is InChI=1S/C9H16N2O/c1-3-8(11-10)7-5-6-12-9(7)4-2/h5-6,8,11H,3-4,10H2,1-2H3. The quantitative estimate of drug-likeness (QED) is 0.532. The van der Waals surface area contributed by atoms with Crippen LogP contribution >= 0.6 is 0 Å². The molecule has 0 aliphatic rings. The molecular weight excluding hydrogens is 152 g/mol. The van der Waals surface area contributed by atoms with Crippen molar-refractivity contribution in [2.75, 3.05) is 0 Å². The van der Waals surface area contributed by atoms with Gasteiger partial charge in [0.1, 0.15) is 5.76 Å². The summed E-state index contributed by atoms with van der Waals surface area (Å²) in [7, 11) is 0. The molecule has 0 radical (unpaired) electrons. The lowest BCUT2D eigenvalue weighted by Gasteiger charge is -2.12. The summed E-state index contributed by atoms with van der Waals surface area (Å²) in [6.07, 6.45) is 3.61. The van der Waals surface area contributed by atoms with Crippen molar-refractivity contribution in [3.8, 4) is 0 Å². The maximum Gasteiger partial charge on any atom is 0.108 e. The van der Waals surface area contributed by atoms with Crippen LogP contribution in [0.5, 0.6) is 0 Å². The number of hydrogen-bond acceptors (Lipinski definition) is 3. The third kappa shape index (κ3) is 1.68. The van der Waals surface area contributed by atoms with Crippen LogP contribution in [0.3, 0.4) is 0 Å². The van der Waals surface area contributed by atoms with Crippen LogP contribution < -0.4 is 11.3 Å². The van der Waals surface area contributed by atoms with Gasteiger partial charge >= 0.3 is 0 Å². The van der Waals surface area contributed by atoms with Crippen LogP contribution in [-0.4, -0.2) is 0 Å². The van der Waals surface area contributed by atoms with E-state index < -0.39 is 0 Å². The van der Waals surface area contributed by atoms with Crippen LogP contribution in [0, 0.1) is 0 Å². The molecule has 1 unspecified atom stereocenters. The lowest BCUT2D eigenvalue weighted by Crippen LogP contribution is -2.27. The first-order valence-electron chi connectivity index (χ1n) is 4.35. The fourth-order valence-electron chi connectivity index (χ4n) is 1.38. The Kier molecular flexibility index (Phi) is 3.31. The zero-order valence-corrected chi connectivity index (χ0v) is 7.63. The van der Waals surface area contributed by atoms with Gasteiger partial charge in [-0.1, -0.05) is 13.8 Å². The van der Waals surface area contributed by atoms with Crippen molar-refractivity contribution in [2.24, 2.45) is 5.84 Å². The van der Waals surface area contributed by atoms with Gasteiger partial charge in [0.15, 0.2) is 0 Å². The molecule has 1 aromatic heterocycles. The van der Waals surface area contributed by atoms with E-state index in [0.717, 1.165) is 18.6 Å². The Labute approximate surface area is 72.9 Å². The van der Waals surface area contributed by atoms with Crippen LogP contribution in [0.1, 0.15) is 37.6 Å². The molecule has 0 aromatic carbocycles. The number of nitrogens with two attached hydrogens (primary N) is 1. The monoisotopic (exact) mass is 168 g/mol. The lowest BCUT2D eigenvalue weighted by molar-refractivity contribution is 0.483. The Morgan fingerprint density at radius 2 is 2.33 bits per heavy atom. The molecular formula is C9H16N2O. The van der Waals surface area contributed by atoms with Gasteiger partial charge in [0.2, 0.25) is 0 Å². The molecule has 1 heterocycles. The summed E-state index contributed by atoms with van der Waals surface area (Å²) < 4.78 is 5.30. The van der Waals surface area contributed by atoms with Crippen molar-refractivity contribution < 1.29 is 4.42 Å². The Hall–Kier alpha value is -0.800. The first-order chi connectivity index (χ1) is 5.83. The largest absolute Gasteiger partial charge is 0.469 e. The number of rotatable bonds is 4. The topological polar surface area (TPSA) is 51.2 Å². The molecule has 0 spiro atoms. The number of hydrogen-bond donors (Lipinski definition) is 2. The normalized spacial score (nSPS) is 13.2. The van der Waals surface area contributed by atoms with Gasteiger partial charge < -0.3 is 4.42 Å². The number of nitrogens with one attached hydrogen (secondary N) is 1. The second kappa shape index (κ2) is 4.28. The summed E-state index contributed by atoms with van der Waals surface area (Å²) in [5.41, 5.74) is 3.95. The van der Waals surface area contributed by atoms with E-state index >= 15 is 0 Å². The summed E-state index contributed by atoms with van der Waals surface area (Å²) >= 11 is 0. The molecule has 0 saturated heterocycles. The van der Waals surface area contributed by atoms with Crippen LogP contribution in [0.15, 0.2) is 16.7 Å². The SMILES string of the molecule is CCc1occc1C(CC)NN. The zero-order chi connectivity index (χ0) is 8.97. The van der Waals surface area contributed by atoms with Gasteiger partial charge in [-0.25, -0.2) is 0 Å². The second-order valence-corrected chi connectivity index (χ2v) is 2.78. The van der Waals surface area contributed by atoms with Crippen LogP contribution in [0.2, 0.25) is 0 Å². The molecule has 3 N–H and O–H groups in total. The minimum Gasteiger partial charge on any atom is -0.469 e. The molecule has 3 nitrogen and oxygen atoms in total. The molecule has 0 aliphatic carbocycles. The second-order valence-electron chi connectivity index (χ2n) is 2.78. The molecule has 0 bridgehead atoms. The summed E-state index contributed by atoms with van der Waals surface area (Å²) in [6.45, 7) is 4.17. The van der Waals surface area contributed by atoms with Crippen LogP contribution in [0.25, 0.3) is 0 Å². The van der Waals surface area contributed by atoms with Crippen molar-refractivity contribution in [3.63, 3.8) is 0 Å². The molecule has 3 heteroatoms. The van der Waals surface area contributed by atoms with E-state index in [2.05, 4.69) is 19.3 Å². The summed E-state index contributed by atoms with van der Waals surface area (Å²) in [5, 5.41) is 0. The maximum absolute atomic E-state index is 5.41. The van der Waals surface area contributed by atoms with Gasteiger partial charge in [-0.05, 0) is 12.5 Å². The molecule has 1 rings (SSSR count). The van der Waals surface area contributed by atoms with Crippen molar-refractivity contribution in [3.05, 3.63) is 23.7 Å². The smallest absolute Gasteiger partial charge is 0.108 e. The van der Waals surface area contributed by atoms with Crippen LogP contribution in [-0.2, 0) is 6.42 Å². The van der Waals surface area contributed by atoms with E-state index in [9.17, 15) is 0 Å². The third-order valence-electron chi connectivity index (χ3n) is 2.09. The van der Waals surface area contributed by atoms with Gasteiger partial charge in [0, 0.05) is 18.0 Å². The van der Waals surface area contributed by atoms with Crippen molar-refractivity contribution >= 4 is 0 Å². The highest BCUT2D eigenvalue weighted by molar-refractivity contribution is 5.21. The van der Waals surface area contributed by atoms with E-state index in [1.807, 2.05) is 6.07 Å².